The molecule has 1 unspecified atom stereocenters. The van der Waals surface area contributed by atoms with E-state index < -0.39 is 0 Å². The lowest BCUT2D eigenvalue weighted by Crippen LogP contribution is -2.48. The minimum Gasteiger partial charge on any atom is -0.508 e. The highest BCUT2D eigenvalue weighted by Gasteiger charge is 2.24. The Morgan fingerprint density at radius 3 is 2.76 bits per heavy atom. The third kappa shape index (κ3) is 3.97. The molecule has 4 nitrogen and oxygen atoms in total. The summed E-state index contributed by atoms with van der Waals surface area (Å²) in [6.45, 7) is 7.67. The standard InChI is InChI=1S/C17H26N2O2/c1-12(2)19(11-15-6-4-5-9-18-15)17(21)14-8-7-13(3)16(20)10-14/h7-8,10,12,15,18,20H,4-6,9,11H2,1-3H3. The molecule has 1 aromatic carbocycles. The van der Waals surface area contributed by atoms with E-state index in [1.165, 1.54) is 12.8 Å². The number of nitrogens with zero attached hydrogens (tertiary/aromatic N) is 1. The summed E-state index contributed by atoms with van der Waals surface area (Å²) >= 11 is 0. The van der Waals surface area contributed by atoms with E-state index >= 15 is 0 Å². The summed E-state index contributed by atoms with van der Waals surface area (Å²) in [6, 6.07) is 5.68. The average molecular weight is 290 g/mol. The number of piperidine rings is 1. The van der Waals surface area contributed by atoms with Crippen LogP contribution in [-0.4, -0.2) is 41.1 Å². The molecule has 21 heavy (non-hydrogen) atoms. The van der Waals surface area contributed by atoms with Crippen molar-refractivity contribution in [1.29, 1.82) is 0 Å². The van der Waals surface area contributed by atoms with Gasteiger partial charge in [-0.15, -0.1) is 0 Å². The number of amides is 1. The van der Waals surface area contributed by atoms with Gasteiger partial charge in [-0.1, -0.05) is 12.5 Å². The Kier molecular flexibility index (Phi) is 5.23. The van der Waals surface area contributed by atoms with Gasteiger partial charge in [-0.3, -0.25) is 4.79 Å². The summed E-state index contributed by atoms with van der Waals surface area (Å²) in [6.07, 6.45) is 3.57. The number of rotatable bonds is 4. The van der Waals surface area contributed by atoms with Crippen LogP contribution in [0.15, 0.2) is 18.2 Å². The van der Waals surface area contributed by atoms with Gasteiger partial charge in [0.25, 0.3) is 5.91 Å². The highest BCUT2D eigenvalue weighted by atomic mass is 16.3. The second kappa shape index (κ2) is 6.94. The fourth-order valence-electron chi connectivity index (χ4n) is 2.75. The first kappa shape index (κ1) is 15.8. The summed E-state index contributed by atoms with van der Waals surface area (Å²) in [4.78, 5) is 14.6. The maximum Gasteiger partial charge on any atom is 0.254 e. The molecule has 1 fully saturated rings. The van der Waals surface area contributed by atoms with Crippen LogP contribution in [-0.2, 0) is 0 Å². The van der Waals surface area contributed by atoms with Crippen molar-refractivity contribution < 1.29 is 9.90 Å². The van der Waals surface area contributed by atoms with Gasteiger partial charge in [-0.25, -0.2) is 0 Å². The number of nitrogens with one attached hydrogen (secondary N) is 1. The molecule has 1 saturated heterocycles. The van der Waals surface area contributed by atoms with Crippen LogP contribution in [0.25, 0.3) is 0 Å². The number of aromatic hydroxyl groups is 1. The Balaban J connectivity index is 2.12. The normalized spacial score (nSPS) is 18.8. The zero-order chi connectivity index (χ0) is 15.4. The number of aryl methyl sites for hydroxylation is 1. The van der Waals surface area contributed by atoms with Crippen LogP contribution < -0.4 is 5.32 Å². The van der Waals surface area contributed by atoms with E-state index in [9.17, 15) is 9.90 Å². The minimum atomic E-state index is -0.00678. The predicted molar refractivity (Wildman–Crippen MR) is 84.7 cm³/mol. The van der Waals surface area contributed by atoms with E-state index in [0.29, 0.717) is 11.6 Å². The van der Waals surface area contributed by atoms with Crippen molar-refractivity contribution in [2.24, 2.45) is 0 Å². The van der Waals surface area contributed by atoms with Crippen LogP contribution in [0.1, 0.15) is 49.0 Å². The Morgan fingerprint density at radius 2 is 2.19 bits per heavy atom. The number of carbonyl (C=O) groups is 1. The van der Waals surface area contributed by atoms with E-state index in [2.05, 4.69) is 5.32 Å². The molecule has 1 atom stereocenters. The first-order chi connectivity index (χ1) is 9.99. The summed E-state index contributed by atoms with van der Waals surface area (Å²) in [5.74, 6) is 0.174. The largest absolute Gasteiger partial charge is 0.508 e. The molecule has 0 spiro atoms. The Bertz CT molecular complexity index is 494. The fraction of sp³-hybridized carbons (Fsp3) is 0.588. The quantitative estimate of drug-likeness (QED) is 0.896. The predicted octanol–water partition coefficient (Wildman–Crippen LogP) is 2.69. The molecule has 2 rings (SSSR count). The lowest BCUT2D eigenvalue weighted by molar-refractivity contribution is 0.0676. The second-order valence-electron chi connectivity index (χ2n) is 6.20. The SMILES string of the molecule is Cc1ccc(C(=O)N(CC2CCCCN2)C(C)C)cc1O. The lowest BCUT2D eigenvalue weighted by Gasteiger charge is -2.33. The lowest BCUT2D eigenvalue weighted by atomic mass is 10.0. The van der Waals surface area contributed by atoms with E-state index in [4.69, 9.17) is 0 Å². The van der Waals surface area contributed by atoms with Crippen LogP contribution in [0.3, 0.4) is 0 Å². The van der Waals surface area contributed by atoms with E-state index in [0.717, 1.165) is 25.1 Å². The third-order valence-electron chi connectivity index (χ3n) is 4.17. The Labute approximate surface area is 127 Å². The number of hydrogen-bond donors (Lipinski definition) is 2. The molecule has 1 amide bonds. The minimum absolute atomic E-state index is 0.00678. The van der Waals surface area contributed by atoms with Crippen molar-refractivity contribution in [3.8, 4) is 5.75 Å². The molecule has 116 valence electrons. The molecule has 1 heterocycles. The van der Waals surface area contributed by atoms with E-state index in [1.54, 1.807) is 18.2 Å². The van der Waals surface area contributed by atoms with Crippen molar-refractivity contribution in [1.82, 2.24) is 10.2 Å². The van der Waals surface area contributed by atoms with Gasteiger partial charge in [0.15, 0.2) is 0 Å². The summed E-state index contributed by atoms with van der Waals surface area (Å²) in [5, 5.41) is 13.3. The van der Waals surface area contributed by atoms with Crippen molar-refractivity contribution in [2.75, 3.05) is 13.1 Å². The first-order valence-corrected chi connectivity index (χ1v) is 7.83. The van der Waals surface area contributed by atoms with Crippen molar-refractivity contribution in [2.45, 2.75) is 52.1 Å². The van der Waals surface area contributed by atoms with Crippen LogP contribution in [0, 0.1) is 6.92 Å². The highest BCUT2D eigenvalue weighted by Crippen LogP contribution is 2.20. The number of phenolic OH excluding ortho intramolecular Hbond substituents is 1. The first-order valence-electron chi connectivity index (χ1n) is 7.83. The Morgan fingerprint density at radius 1 is 1.43 bits per heavy atom. The molecule has 0 aromatic heterocycles. The van der Waals surface area contributed by atoms with E-state index in [-0.39, 0.29) is 17.7 Å². The zero-order valence-electron chi connectivity index (χ0n) is 13.2. The summed E-state index contributed by atoms with van der Waals surface area (Å²) < 4.78 is 0. The number of hydrogen-bond acceptors (Lipinski definition) is 3. The molecule has 0 bridgehead atoms. The zero-order valence-corrected chi connectivity index (χ0v) is 13.2. The molecule has 0 saturated carbocycles. The second-order valence-corrected chi connectivity index (χ2v) is 6.20. The van der Waals surface area contributed by atoms with Gasteiger partial charge < -0.3 is 15.3 Å². The van der Waals surface area contributed by atoms with Gasteiger partial charge in [0.2, 0.25) is 0 Å². The van der Waals surface area contributed by atoms with Gasteiger partial charge in [0, 0.05) is 24.2 Å². The maximum atomic E-state index is 12.7. The van der Waals surface area contributed by atoms with Crippen molar-refractivity contribution >= 4 is 5.91 Å². The van der Waals surface area contributed by atoms with Crippen LogP contribution >= 0.6 is 0 Å². The van der Waals surface area contributed by atoms with Gasteiger partial charge in [-0.05, 0) is 57.9 Å². The highest BCUT2D eigenvalue weighted by molar-refractivity contribution is 5.95. The van der Waals surface area contributed by atoms with Gasteiger partial charge in [-0.2, -0.15) is 0 Å². The molecule has 1 aliphatic rings. The molecule has 2 N–H and O–H groups in total. The molecular formula is C17H26N2O2. The molecular weight excluding hydrogens is 264 g/mol. The molecule has 0 aliphatic carbocycles. The van der Waals surface area contributed by atoms with Gasteiger partial charge >= 0.3 is 0 Å². The van der Waals surface area contributed by atoms with Crippen LogP contribution in [0.5, 0.6) is 5.75 Å². The average Bonchev–Trinajstić information content (AvgIpc) is 2.47. The van der Waals surface area contributed by atoms with Crippen molar-refractivity contribution in [3.05, 3.63) is 29.3 Å². The smallest absolute Gasteiger partial charge is 0.254 e. The van der Waals surface area contributed by atoms with Gasteiger partial charge in [0.1, 0.15) is 5.75 Å². The number of carbonyl (C=O) groups excluding carboxylic acids is 1. The summed E-state index contributed by atoms with van der Waals surface area (Å²) in [7, 11) is 0. The third-order valence-corrected chi connectivity index (χ3v) is 4.17. The van der Waals surface area contributed by atoms with Crippen molar-refractivity contribution in [3.63, 3.8) is 0 Å². The summed E-state index contributed by atoms with van der Waals surface area (Å²) in [5.41, 5.74) is 1.35. The fourth-order valence-corrected chi connectivity index (χ4v) is 2.75. The Hall–Kier alpha value is -1.55. The maximum absolute atomic E-state index is 12.7. The van der Waals surface area contributed by atoms with Crippen LogP contribution in [0.4, 0.5) is 0 Å². The van der Waals surface area contributed by atoms with Crippen LogP contribution in [0.2, 0.25) is 0 Å². The topological polar surface area (TPSA) is 52.6 Å². The van der Waals surface area contributed by atoms with Gasteiger partial charge in [0.05, 0.1) is 0 Å². The number of benzene rings is 1. The molecule has 1 aromatic rings. The molecule has 1 aliphatic heterocycles. The molecule has 4 heteroatoms. The number of phenols is 1. The molecule has 0 radical (unpaired) electrons. The van der Waals surface area contributed by atoms with E-state index in [1.807, 2.05) is 25.7 Å². The monoisotopic (exact) mass is 290 g/mol.